The topological polar surface area (TPSA) is 32.3 Å². The van der Waals surface area contributed by atoms with E-state index in [1.807, 2.05) is 13.8 Å². The quantitative estimate of drug-likeness (QED) is 0.455. The van der Waals surface area contributed by atoms with Crippen LogP contribution in [0.2, 0.25) is 0 Å². The van der Waals surface area contributed by atoms with Gasteiger partial charge in [-0.3, -0.25) is 0 Å². The molecule has 0 fully saturated rings. The van der Waals surface area contributed by atoms with Crippen molar-refractivity contribution in [3.63, 3.8) is 0 Å². The normalized spacial score (nSPS) is 8.00. The molecule has 0 radical (unpaired) electrons. The van der Waals surface area contributed by atoms with E-state index in [4.69, 9.17) is 5.21 Å². The van der Waals surface area contributed by atoms with Gasteiger partial charge >= 0.3 is 0 Å². The van der Waals surface area contributed by atoms with Gasteiger partial charge in [-0.2, -0.15) is 0 Å². The Balaban J connectivity index is 0. The predicted molar refractivity (Wildman–Crippen MR) is 40.7 cm³/mol. The molecule has 2 nitrogen and oxygen atoms in total. The van der Waals surface area contributed by atoms with Crippen LogP contribution in [0.3, 0.4) is 0 Å². The first-order valence-corrected chi connectivity index (χ1v) is 3.78. The molecule has 0 aromatic carbocycles. The number of unbranched alkanes of at least 4 members (excludes halogenated alkanes) is 2. The molecule has 0 aliphatic carbocycles. The lowest BCUT2D eigenvalue weighted by atomic mass is 10.3. The van der Waals surface area contributed by atoms with Crippen molar-refractivity contribution < 1.29 is 5.21 Å². The summed E-state index contributed by atoms with van der Waals surface area (Å²) in [5, 5.41) is 8.04. The van der Waals surface area contributed by atoms with Crippen molar-refractivity contribution in [2.75, 3.05) is 6.54 Å². The minimum atomic E-state index is 0.730. The lowest BCUT2D eigenvalue weighted by Gasteiger charge is -1.92. The van der Waals surface area contributed by atoms with Crippen molar-refractivity contribution in [3.8, 4) is 0 Å². The summed E-state index contributed by atoms with van der Waals surface area (Å²) in [7, 11) is 0. The fraction of sp³-hybridized carbons (Fsp3) is 1.00. The lowest BCUT2D eigenvalue weighted by molar-refractivity contribution is 0.165. The minimum absolute atomic E-state index is 0.730. The maximum atomic E-state index is 8.04. The van der Waals surface area contributed by atoms with Crippen molar-refractivity contribution in [1.82, 2.24) is 5.48 Å². The summed E-state index contributed by atoms with van der Waals surface area (Å²) in [6.07, 6.45) is 3.49. The van der Waals surface area contributed by atoms with Crippen molar-refractivity contribution in [1.29, 1.82) is 0 Å². The highest BCUT2D eigenvalue weighted by molar-refractivity contribution is 4.36. The number of hydrogen-bond acceptors (Lipinski definition) is 2. The Morgan fingerprint density at radius 1 is 1.22 bits per heavy atom. The monoisotopic (exact) mass is 133 g/mol. The van der Waals surface area contributed by atoms with Crippen molar-refractivity contribution in [3.05, 3.63) is 0 Å². The third-order valence-corrected chi connectivity index (χ3v) is 0.892. The first kappa shape index (κ1) is 11.7. The summed E-state index contributed by atoms with van der Waals surface area (Å²) in [6.45, 7) is 6.87. The van der Waals surface area contributed by atoms with Crippen LogP contribution in [-0.4, -0.2) is 11.8 Å². The SMILES string of the molecule is CC.CCCCCNO. The van der Waals surface area contributed by atoms with Crippen molar-refractivity contribution in [2.45, 2.75) is 40.0 Å². The Hall–Kier alpha value is -0.0800. The van der Waals surface area contributed by atoms with Gasteiger partial charge in [0.25, 0.3) is 0 Å². The highest BCUT2D eigenvalue weighted by atomic mass is 16.5. The van der Waals surface area contributed by atoms with Gasteiger partial charge in [-0.15, -0.1) is 0 Å². The summed E-state index contributed by atoms with van der Waals surface area (Å²) in [4.78, 5) is 0. The second-order valence-electron chi connectivity index (χ2n) is 1.62. The second-order valence-corrected chi connectivity index (χ2v) is 1.62. The molecule has 0 aliphatic heterocycles. The molecular weight excluding hydrogens is 114 g/mol. The number of hydrogen-bond donors (Lipinski definition) is 2. The zero-order chi connectivity index (χ0) is 7.54. The van der Waals surface area contributed by atoms with Gasteiger partial charge in [0.2, 0.25) is 0 Å². The molecule has 0 aliphatic rings. The van der Waals surface area contributed by atoms with E-state index in [0.717, 1.165) is 13.0 Å². The molecule has 0 aromatic heterocycles. The molecule has 0 rings (SSSR count). The van der Waals surface area contributed by atoms with Gasteiger partial charge in [-0.1, -0.05) is 33.6 Å². The molecule has 0 bridgehead atoms. The zero-order valence-corrected chi connectivity index (χ0v) is 6.78. The Morgan fingerprint density at radius 2 is 1.78 bits per heavy atom. The first-order valence-electron chi connectivity index (χ1n) is 3.78. The standard InChI is InChI=1S/C5H13NO.C2H6/c1-2-3-4-5-6-7;1-2/h6-7H,2-5H2,1H3;1-2H3. The molecule has 0 saturated carbocycles. The Bertz CT molecular complexity index is 28.1. The highest BCUT2D eigenvalue weighted by Crippen LogP contribution is 1.89. The minimum Gasteiger partial charge on any atom is -0.317 e. The molecule has 0 spiro atoms. The average Bonchev–Trinajstić information content (AvgIpc) is 1.94. The van der Waals surface area contributed by atoms with E-state index in [-0.39, 0.29) is 0 Å². The molecule has 2 heteroatoms. The van der Waals surface area contributed by atoms with Gasteiger partial charge in [-0.05, 0) is 6.42 Å². The molecular formula is C7H19NO. The maximum Gasteiger partial charge on any atom is 0.0207 e. The molecule has 0 unspecified atom stereocenters. The van der Waals surface area contributed by atoms with Gasteiger partial charge in [0.1, 0.15) is 0 Å². The third kappa shape index (κ3) is 18.1. The average molecular weight is 133 g/mol. The highest BCUT2D eigenvalue weighted by Gasteiger charge is 1.79. The molecule has 0 aromatic rings. The van der Waals surface area contributed by atoms with Crippen LogP contribution in [0.15, 0.2) is 0 Å². The number of hydroxylamine groups is 1. The van der Waals surface area contributed by atoms with Gasteiger partial charge < -0.3 is 5.21 Å². The Labute approximate surface area is 58.2 Å². The summed E-state index contributed by atoms with van der Waals surface area (Å²) >= 11 is 0. The second kappa shape index (κ2) is 15.7. The van der Waals surface area contributed by atoms with Gasteiger partial charge in [-0.25, -0.2) is 5.48 Å². The van der Waals surface area contributed by atoms with E-state index in [2.05, 4.69) is 12.4 Å². The van der Waals surface area contributed by atoms with Crippen LogP contribution in [-0.2, 0) is 0 Å². The van der Waals surface area contributed by atoms with Crippen molar-refractivity contribution in [2.24, 2.45) is 0 Å². The maximum absolute atomic E-state index is 8.04. The van der Waals surface area contributed by atoms with Gasteiger partial charge in [0.05, 0.1) is 0 Å². The summed E-state index contributed by atoms with van der Waals surface area (Å²) in [6, 6.07) is 0. The summed E-state index contributed by atoms with van der Waals surface area (Å²) in [5.74, 6) is 0. The number of rotatable bonds is 4. The van der Waals surface area contributed by atoms with Crippen LogP contribution in [0.4, 0.5) is 0 Å². The summed E-state index contributed by atoms with van der Waals surface area (Å²) < 4.78 is 0. The number of nitrogens with one attached hydrogen (secondary N) is 1. The molecule has 0 saturated heterocycles. The van der Waals surface area contributed by atoms with Gasteiger partial charge in [0, 0.05) is 6.54 Å². The summed E-state index contributed by atoms with van der Waals surface area (Å²) in [5.41, 5.74) is 2.10. The zero-order valence-electron chi connectivity index (χ0n) is 6.78. The first-order chi connectivity index (χ1) is 4.41. The van der Waals surface area contributed by atoms with Gasteiger partial charge in [0.15, 0.2) is 0 Å². The van der Waals surface area contributed by atoms with E-state index in [9.17, 15) is 0 Å². The third-order valence-electron chi connectivity index (χ3n) is 0.892. The molecule has 2 N–H and O–H groups in total. The molecule has 9 heavy (non-hydrogen) atoms. The smallest absolute Gasteiger partial charge is 0.0207 e. The van der Waals surface area contributed by atoms with Crippen LogP contribution in [0.25, 0.3) is 0 Å². The van der Waals surface area contributed by atoms with E-state index >= 15 is 0 Å². The Morgan fingerprint density at radius 3 is 2.11 bits per heavy atom. The molecule has 0 amide bonds. The fourth-order valence-corrected chi connectivity index (χ4v) is 0.454. The molecule has 0 heterocycles. The predicted octanol–water partition coefficient (Wildman–Crippen LogP) is 2.18. The fourth-order valence-electron chi connectivity index (χ4n) is 0.454. The van der Waals surface area contributed by atoms with Crippen LogP contribution < -0.4 is 5.48 Å². The van der Waals surface area contributed by atoms with E-state index < -0.39 is 0 Å². The van der Waals surface area contributed by atoms with Crippen molar-refractivity contribution >= 4 is 0 Å². The van der Waals surface area contributed by atoms with Crippen LogP contribution in [0.1, 0.15) is 40.0 Å². The van der Waals surface area contributed by atoms with E-state index in [1.54, 1.807) is 0 Å². The molecule has 0 atom stereocenters. The van der Waals surface area contributed by atoms with Crippen LogP contribution in [0.5, 0.6) is 0 Å². The largest absolute Gasteiger partial charge is 0.317 e. The van der Waals surface area contributed by atoms with E-state index in [0.29, 0.717) is 0 Å². The van der Waals surface area contributed by atoms with Crippen LogP contribution in [0, 0.1) is 0 Å². The van der Waals surface area contributed by atoms with E-state index in [1.165, 1.54) is 12.8 Å². The van der Waals surface area contributed by atoms with Crippen LogP contribution >= 0.6 is 0 Å². The lowest BCUT2D eigenvalue weighted by Crippen LogP contribution is -2.07. The Kier molecular flexibility index (Phi) is 20.3. The molecule has 58 valence electrons.